The van der Waals surface area contributed by atoms with Gasteiger partial charge in [-0.15, -0.1) is 10.2 Å². The first-order chi connectivity index (χ1) is 14.7. The summed E-state index contributed by atoms with van der Waals surface area (Å²) in [6, 6.07) is 1.59. The van der Waals surface area contributed by atoms with Crippen LogP contribution in [0.1, 0.15) is 25.7 Å². The van der Waals surface area contributed by atoms with E-state index in [1.54, 1.807) is 23.4 Å². The Morgan fingerprint density at radius 3 is 2.47 bits per heavy atom. The van der Waals surface area contributed by atoms with E-state index in [0.29, 0.717) is 37.1 Å². The zero-order valence-corrected chi connectivity index (χ0v) is 17.5. The van der Waals surface area contributed by atoms with Gasteiger partial charge in [0, 0.05) is 58.1 Å². The van der Waals surface area contributed by atoms with Crippen LogP contribution in [0.15, 0.2) is 18.5 Å². The molecule has 0 N–H and O–H groups in total. The molecule has 2 aromatic rings. The molecule has 3 fully saturated rings. The standard InChI is InChI=1S/C19H24N8O2S/c28-15-5-2-9-27(15)19-23-22-18(30-19)26-8-1-4-14(26)16(29)24-10-12-25(13-11-24)17-20-6-3-7-21-17/h3,6-7,14H,1-2,4-5,8-13H2/t14-/m0/s1. The van der Waals surface area contributed by atoms with Crippen LogP contribution in [-0.4, -0.2) is 82.2 Å². The Morgan fingerprint density at radius 2 is 1.73 bits per heavy atom. The minimum atomic E-state index is -0.209. The van der Waals surface area contributed by atoms with Gasteiger partial charge in [-0.25, -0.2) is 9.97 Å². The molecule has 5 heterocycles. The molecule has 11 heteroatoms. The first-order valence-corrected chi connectivity index (χ1v) is 11.2. The average Bonchev–Trinajstić information content (AvgIpc) is 3.54. The summed E-state index contributed by atoms with van der Waals surface area (Å²) in [7, 11) is 0. The molecule has 3 aliphatic heterocycles. The second-order valence-corrected chi connectivity index (χ2v) is 8.66. The highest BCUT2D eigenvalue weighted by Gasteiger charge is 2.37. The lowest BCUT2D eigenvalue weighted by Gasteiger charge is -2.37. The van der Waals surface area contributed by atoms with E-state index >= 15 is 0 Å². The molecule has 0 unspecified atom stereocenters. The highest BCUT2D eigenvalue weighted by Crippen LogP contribution is 2.34. The van der Waals surface area contributed by atoms with Gasteiger partial charge < -0.3 is 14.7 Å². The highest BCUT2D eigenvalue weighted by atomic mass is 32.1. The highest BCUT2D eigenvalue weighted by molar-refractivity contribution is 7.19. The third-order valence-electron chi connectivity index (χ3n) is 5.92. The quantitative estimate of drug-likeness (QED) is 0.704. The first-order valence-electron chi connectivity index (χ1n) is 10.4. The number of carbonyl (C=O) groups is 2. The van der Waals surface area contributed by atoms with E-state index in [2.05, 4.69) is 30.0 Å². The molecule has 3 aliphatic rings. The molecule has 1 atom stereocenters. The van der Waals surface area contributed by atoms with Crippen LogP contribution in [0.2, 0.25) is 0 Å². The van der Waals surface area contributed by atoms with Crippen molar-refractivity contribution in [3.05, 3.63) is 18.5 Å². The van der Waals surface area contributed by atoms with Crippen molar-refractivity contribution >= 4 is 39.4 Å². The number of amides is 2. The van der Waals surface area contributed by atoms with E-state index in [1.165, 1.54) is 11.3 Å². The minimum Gasteiger partial charge on any atom is -0.337 e. The SMILES string of the molecule is O=C([C@@H]1CCCN1c1nnc(N2CCCC2=O)s1)N1CCN(c2ncccn2)CC1. The van der Waals surface area contributed by atoms with Crippen molar-refractivity contribution < 1.29 is 9.59 Å². The predicted octanol–water partition coefficient (Wildman–Crippen LogP) is 0.772. The molecule has 10 nitrogen and oxygen atoms in total. The van der Waals surface area contributed by atoms with E-state index in [0.717, 1.165) is 44.0 Å². The third kappa shape index (κ3) is 3.57. The summed E-state index contributed by atoms with van der Waals surface area (Å²) in [5.41, 5.74) is 0. The molecule has 158 valence electrons. The summed E-state index contributed by atoms with van der Waals surface area (Å²) in [5.74, 6) is 0.965. The molecule has 0 aromatic carbocycles. The van der Waals surface area contributed by atoms with Crippen LogP contribution < -0.4 is 14.7 Å². The molecule has 0 bridgehead atoms. The molecular formula is C19H24N8O2S. The Bertz CT molecular complexity index is 914. The molecule has 5 rings (SSSR count). The van der Waals surface area contributed by atoms with Crippen LogP contribution >= 0.6 is 11.3 Å². The molecule has 0 spiro atoms. The number of carbonyl (C=O) groups excluding carboxylic acids is 2. The number of nitrogens with zero attached hydrogens (tertiary/aromatic N) is 8. The maximum atomic E-state index is 13.3. The number of rotatable bonds is 4. The topological polar surface area (TPSA) is 98.7 Å². The van der Waals surface area contributed by atoms with Crippen molar-refractivity contribution in [1.29, 1.82) is 0 Å². The average molecular weight is 429 g/mol. The van der Waals surface area contributed by atoms with Crippen LogP contribution in [0.25, 0.3) is 0 Å². The Kier molecular flexibility index (Phi) is 5.19. The van der Waals surface area contributed by atoms with Gasteiger partial charge in [0.05, 0.1) is 0 Å². The lowest BCUT2D eigenvalue weighted by molar-refractivity contribution is -0.132. The molecule has 30 heavy (non-hydrogen) atoms. The number of hydrogen-bond donors (Lipinski definition) is 0. The van der Waals surface area contributed by atoms with Gasteiger partial charge >= 0.3 is 0 Å². The number of aromatic nitrogens is 4. The smallest absolute Gasteiger partial charge is 0.245 e. The summed E-state index contributed by atoms with van der Waals surface area (Å²) in [6.45, 7) is 4.25. The summed E-state index contributed by atoms with van der Waals surface area (Å²) < 4.78 is 0. The van der Waals surface area contributed by atoms with E-state index in [9.17, 15) is 9.59 Å². The van der Waals surface area contributed by atoms with Crippen LogP contribution in [-0.2, 0) is 9.59 Å². The van der Waals surface area contributed by atoms with E-state index in [1.807, 2.05) is 4.90 Å². The van der Waals surface area contributed by atoms with E-state index in [4.69, 9.17) is 0 Å². The summed E-state index contributed by atoms with van der Waals surface area (Å²) in [4.78, 5) is 41.7. The van der Waals surface area contributed by atoms with Crippen molar-refractivity contribution in [2.45, 2.75) is 31.7 Å². The second kappa shape index (κ2) is 8.13. The molecule has 0 saturated carbocycles. The van der Waals surface area contributed by atoms with Crippen LogP contribution in [0.3, 0.4) is 0 Å². The van der Waals surface area contributed by atoms with Gasteiger partial charge in [-0.2, -0.15) is 0 Å². The van der Waals surface area contributed by atoms with Crippen molar-refractivity contribution in [3.8, 4) is 0 Å². The van der Waals surface area contributed by atoms with Gasteiger partial charge in [-0.1, -0.05) is 11.3 Å². The largest absolute Gasteiger partial charge is 0.337 e. The van der Waals surface area contributed by atoms with Gasteiger partial charge in [-0.05, 0) is 25.3 Å². The second-order valence-electron chi connectivity index (χ2n) is 7.73. The maximum Gasteiger partial charge on any atom is 0.245 e. The molecule has 0 aliphatic carbocycles. The van der Waals surface area contributed by atoms with E-state index < -0.39 is 0 Å². The lowest BCUT2D eigenvalue weighted by Crippen LogP contribution is -2.54. The van der Waals surface area contributed by atoms with Crippen LogP contribution in [0.5, 0.6) is 0 Å². The lowest BCUT2D eigenvalue weighted by atomic mass is 10.1. The van der Waals surface area contributed by atoms with E-state index in [-0.39, 0.29) is 17.9 Å². The van der Waals surface area contributed by atoms with Gasteiger partial charge in [0.2, 0.25) is 28.0 Å². The number of anilines is 3. The molecular weight excluding hydrogens is 404 g/mol. The van der Waals surface area contributed by atoms with Gasteiger partial charge in [0.1, 0.15) is 6.04 Å². The molecule has 0 radical (unpaired) electrons. The minimum absolute atomic E-state index is 0.104. The van der Waals surface area contributed by atoms with Crippen LogP contribution in [0, 0.1) is 0 Å². The fourth-order valence-corrected chi connectivity index (χ4v) is 5.29. The molecule has 2 aromatic heterocycles. The van der Waals surface area contributed by atoms with Crippen molar-refractivity contribution in [1.82, 2.24) is 25.1 Å². The summed E-state index contributed by atoms with van der Waals surface area (Å²) >= 11 is 1.41. The molecule has 2 amide bonds. The number of piperazine rings is 1. The Morgan fingerprint density at radius 1 is 0.967 bits per heavy atom. The van der Waals surface area contributed by atoms with Crippen molar-refractivity contribution in [3.63, 3.8) is 0 Å². The summed E-state index contributed by atoms with van der Waals surface area (Å²) in [6.07, 6.45) is 6.67. The predicted molar refractivity (Wildman–Crippen MR) is 113 cm³/mol. The molecule has 3 saturated heterocycles. The monoisotopic (exact) mass is 428 g/mol. The Labute approximate surface area is 178 Å². The van der Waals surface area contributed by atoms with Gasteiger partial charge in [0.25, 0.3) is 0 Å². The Balaban J connectivity index is 1.24. The first kappa shape index (κ1) is 19.2. The maximum absolute atomic E-state index is 13.3. The number of hydrogen-bond acceptors (Lipinski definition) is 9. The Hall–Kier alpha value is -2.82. The van der Waals surface area contributed by atoms with Gasteiger partial charge in [-0.3, -0.25) is 14.5 Å². The fraction of sp³-hybridized carbons (Fsp3) is 0.579. The van der Waals surface area contributed by atoms with Gasteiger partial charge in [0.15, 0.2) is 0 Å². The zero-order chi connectivity index (χ0) is 20.5. The normalized spacial score (nSPS) is 22.3. The third-order valence-corrected chi connectivity index (χ3v) is 6.90. The summed E-state index contributed by atoms with van der Waals surface area (Å²) in [5, 5.41) is 9.92. The van der Waals surface area contributed by atoms with Crippen LogP contribution in [0.4, 0.5) is 16.2 Å². The zero-order valence-electron chi connectivity index (χ0n) is 16.7. The van der Waals surface area contributed by atoms with Crippen molar-refractivity contribution in [2.75, 3.05) is 54.0 Å². The fourth-order valence-electron chi connectivity index (χ4n) is 4.33. The van der Waals surface area contributed by atoms with Crippen molar-refractivity contribution in [2.24, 2.45) is 0 Å².